The molecule has 0 saturated carbocycles. The first-order valence-electron chi connectivity index (χ1n) is 5.07. The third kappa shape index (κ3) is 3.12. The highest BCUT2D eigenvalue weighted by molar-refractivity contribution is 7.80. The molecule has 0 aliphatic heterocycles. The minimum absolute atomic E-state index is 0.0225. The van der Waals surface area contributed by atoms with Gasteiger partial charge in [-0.05, 0) is 18.2 Å². The molecule has 1 aromatic rings. The van der Waals surface area contributed by atoms with Crippen LogP contribution in [-0.4, -0.2) is 33.1 Å². The molecule has 0 saturated heterocycles. The first-order chi connectivity index (χ1) is 7.99. The van der Waals surface area contributed by atoms with Crippen LogP contribution in [0.2, 0.25) is 0 Å². The van der Waals surface area contributed by atoms with E-state index in [1.165, 1.54) is 18.2 Å². The Labute approximate surface area is 104 Å². The van der Waals surface area contributed by atoms with Crippen LogP contribution in [-0.2, 0) is 0 Å². The number of benzene rings is 1. The highest BCUT2D eigenvalue weighted by Crippen LogP contribution is 2.27. The van der Waals surface area contributed by atoms with Gasteiger partial charge < -0.3 is 21.1 Å². The van der Waals surface area contributed by atoms with Crippen LogP contribution in [0.25, 0.3) is 0 Å². The van der Waals surface area contributed by atoms with Crippen LogP contribution < -0.4 is 5.73 Å². The standard InChI is InChI=1S/C11H15NO4S/c12-9-6(10(14)8(13)4-5-17)2-1-3-7(9)11(15)16/h1-3,8,10,13-14,17H,4-5,12H2,(H,15,16). The fraction of sp³-hybridized carbons (Fsp3) is 0.364. The molecule has 5 nitrogen and oxygen atoms in total. The number of aliphatic hydroxyl groups is 2. The first kappa shape index (κ1) is 13.8. The summed E-state index contributed by atoms with van der Waals surface area (Å²) in [6, 6.07) is 4.32. The molecule has 0 aliphatic rings. The zero-order chi connectivity index (χ0) is 13.0. The molecule has 0 amide bonds. The van der Waals surface area contributed by atoms with Gasteiger partial charge in [0.1, 0.15) is 6.10 Å². The molecule has 0 aromatic heterocycles. The first-order valence-corrected chi connectivity index (χ1v) is 5.71. The number of aromatic carboxylic acids is 1. The van der Waals surface area contributed by atoms with Crippen molar-refractivity contribution in [1.82, 2.24) is 0 Å². The zero-order valence-corrected chi connectivity index (χ0v) is 9.97. The average molecular weight is 257 g/mol. The van der Waals surface area contributed by atoms with Gasteiger partial charge >= 0.3 is 5.97 Å². The molecule has 2 atom stereocenters. The lowest BCUT2D eigenvalue weighted by molar-refractivity contribution is 0.0176. The Morgan fingerprint density at radius 2 is 2.06 bits per heavy atom. The summed E-state index contributed by atoms with van der Waals surface area (Å²) in [4.78, 5) is 10.9. The SMILES string of the molecule is Nc1c(C(=O)O)cccc1C(O)C(O)CCS. The normalized spacial score (nSPS) is 14.3. The van der Waals surface area contributed by atoms with Gasteiger partial charge in [-0.25, -0.2) is 4.79 Å². The quantitative estimate of drug-likeness (QED) is 0.394. The predicted octanol–water partition coefficient (Wildman–Crippen LogP) is 0.681. The van der Waals surface area contributed by atoms with Crippen molar-refractivity contribution < 1.29 is 20.1 Å². The number of carbonyl (C=O) groups is 1. The molecule has 0 bridgehead atoms. The summed E-state index contributed by atoms with van der Waals surface area (Å²) in [5.74, 6) is -0.753. The van der Waals surface area contributed by atoms with Crippen molar-refractivity contribution in [3.8, 4) is 0 Å². The molecule has 2 unspecified atom stereocenters. The Kier molecular flexibility index (Phi) is 4.80. The summed E-state index contributed by atoms with van der Waals surface area (Å²) in [5, 5.41) is 28.4. The van der Waals surface area contributed by atoms with Gasteiger partial charge in [-0.2, -0.15) is 12.6 Å². The molecular formula is C11H15NO4S. The Hall–Kier alpha value is -1.24. The van der Waals surface area contributed by atoms with Crippen LogP contribution in [0, 0.1) is 0 Å². The maximum absolute atomic E-state index is 10.9. The van der Waals surface area contributed by atoms with Gasteiger partial charge in [0.15, 0.2) is 0 Å². The fourth-order valence-corrected chi connectivity index (χ4v) is 1.79. The number of thiol groups is 1. The van der Waals surface area contributed by atoms with Crippen LogP contribution in [0.1, 0.15) is 28.4 Å². The lowest BCUT2D eigenvalue weighted by Crippen LogP contribution is -2.20. The van der Waals surface area contributed by atoms with E-state index in [9.17, 15) is 15.0 Å². The molecule has 1 rings (SSSR count). The maximum atomic E-state index is 10.9. The summed E-state index contributed by atoms with van der Waals surface area (Å²) in [5.41, 5.74) is 5.76. The van der Waals surface area contributed by atoms with E-state index in [1.807, 2.05) is 0 Å². The van der Waals surface area contributed by atoms with E-state index in [0.717, 1.165) is 0 Å². The van der Waals surface area contributed by atoms with Crippen LogP contribution in [0.15, 0.2) is 18.2 Å². The minimum atomic E-state index is -1.21. The number of rotatable bonds is 5. The summed E-state index contributed by atoms with van der Waals surface area (Å²) in [6.45, 7) is 0. The molecular weight excluding hydrogens is 242 g/mol. The number of nitrogen functional groups attached to an aromatic ring is 1. The van der Waals surface area contributed by atoms with E-state index >= 15 is 0 Å². The van der Waals surface area contributed by atoms with Crippen molar-refractivity contribution >= 4 is 24.3 Å². The molecule has 0 radical (unpaired) electrons. The number of carboxylic acid groups (broad SMARTS) is 1. The number of hydrogen-bond acceptors (Lipinski definition) is 5. The van der Waals surface area contributed by atoms with E-state index in [1.54, 1.807) is 0 Å². The predicted molar refractivity (Wildman–Crippen MR) is 67.3 cm³/mol. The summed E-state index contributed by atoms with van der Waals surface area (Å²) in [7, 11) is 0. The third-order valence-corrected chi connectivity index (χ3v) is 2.74. The number of anilines is 1. The zero-order valence-electron chi connectivity index (χ0n) is 9.08. The molecule has 5 N–H and O–H groups in total. The summed E-state index contributed by atoms with van der Waals surface area (Å²) < 4.78 is 0. The lowest BCUT2D eigenvalue weighted by Gasteiger charge is -2.19. The third-order valence-electron chi connectivity index (χ3n) is 2.48. The van der Waals surface area contributed by atoms with Gasteiger partial charge in [-0.15, -0.1) is 0 Å². The fourth-order valence-electron chi connectivity index (χ4n) is 1.52. The monoisotopic (exact) mass is 257 g/mol. The lowest BCUT2D eigenvalue weighted by atomic mass is 9.98. The molecule has 0 aliphatic carbocycles. The molecule has 0 heterocycles. The number of aliphatic hydroxyl groups excluding tert-OH is 2. The van der Waals surface area contributed by atoms with Gasteiger partial charge in [0.2, 0.25) is 0 Å². The van der Waals surface area contributed by atoms with Crippen LogP contribution in [0.4, 0.5) is 5.69 Å². The van der Waals surface area contributed by atoms with E-state index < -0.39 is 18.2 Å². The topological polar surface area (TPSA) is 104 Å². The van der Waals surface area contributed by atoms with Gasteiger partial charge in [-0.1, -0.05) is 12.1 Å². The average Bonchev–Trinajstić information content (AvgIpc) is 2.28. The van der Waals surface area contributed by atoms with Gasteiger partial charge in [0, 0.05) is 5.56 Å². The number of hydrogen-bond donors (Lipinski definition) is 5. The van der Waals surface area contributed by atoms with E-state index in [4.69, 9.17) is 10.8 Å². The van der Waals surface area contributed by atoms with Gasteiger partial charge in [0.05, 0.1) is 17.4 Å². The van der Waals surface area contributed by atoms with E-state index in [0.29, 0.717) is 12.2 Å². The Balaban J connectivity index is 3.06. The number of nitrogens with two attached hydrogens (primary N) is 1. The minimum Gasteiger partial charge on any atom is -0.478 e. The number of carboxylic acids is 1. The second-order valence-corrected chi connectivity index (χ2v) is 4.09. The van der Waals surface area contributed by atoms with Gasteiger partial charge in [0.25, 0.3) is 0 Å². The largest absolute Gasteiger partial charge is 0.478 e. The van der Waals surface area contributed by atoms with Crippen molar-refractivity contribution in [3.05, 3.63) is 29.3 Å². The van der Waals surface area contributed by atoms with Crippen LogP contribution >= 0.6 is 12.6 Å². The molecule has 0 spiro atoms. The van der Waals surface area contributed by atoms with E-state index in [2.05, 4.69) is 12.6 Å². The molecule has 6 heteroatoms. The van der Waals surface area contributed by atoms with Crippen molar-refractivity contribution in [3.63, 3.8) is 0 Å². The highest BCUT2D eigenvalue weighted by atomic mass is 32.1. The Bertz CT molecular complexity index is 410. The van der Waals surface area contributed by atoms with Crippen LogP contribution in [0.5, 0.6) is 0 Å². The highest BCUT2D eigenvalue weighted by Gasteiger charge is 2.22. The Morgan fingerprint density at radius 1 is 1.41 bits per heavy atom. The smallest absolute Gasteiger partial charge is 0.337 e. The molecule has 0 fully saturated rings. The molecule has 1 aromatic carbocycles. The second-order valence-electron chi connectivity index (χ2n) is 3.64. The van der Waals surface area contributed by atoms with E-state index in [-0.39, 0.29) is 16.8 Å². The van der Waals surface area contributed by atoms with Gasteiger partial charge in [-0.3, -0.25) is 0 Å². The van der Waals surface area contributed by atoms with Crippen molar-refractivity contribution in [1.29, 1.82) is 0 Å². The van der Waals surface area contributed by atoms with Crippen molar-refractivity contribution in [2.45, 2.75) is 18.6 Å². The molecule has 17 heavy (non-hydrogen) atoms. The van der Waals surface area contributed by atoms with Crippen molar-refractivity contribution in [2.75, 3.05) is 11.5 Å². The summed E-state index contributed by atoms with van der Waals surface area (Å²) >= 11 is 3.95. The Morgan fingerprint density at radius 3 is 2.59 bits per heavy atom. The summed E-state index contributed by atoms with van der Waals surface area (Å²) in [6.07, 6.45) is -1.93. The second kappa shape index (κ2) is 5.90. The van der Waals surface area contributed by atoms with Crippen molar-refractivity contribution in [2.24, 2.45) is 0 Å². The maximum Gasteiger partial charge on any atom is 0.337 e. The van der Waals surface area contributed by atoms with Crippen LogP contribution in [0.3, 0.4) is 0 Å². The molecule has 94 valence electrons. The number of para-hydroxylation sites is 1.